The van der Waals surface area contributed by atoms with E-state index in [1.807, 2.05) is 32.9 Å². The Morgan fingerprint density at radius 3 is 2.33 bits per heavy atom. The third-order valence-corrected chi connectivity index (χ3v) is 5.06. The van der Waals surface area contributed by atoms with Crippen molar-refractivity contribution < 1.29 is 8.42 Å². The van der Waals surface area contributed by atoms with Crippen molar-refractivity contribution in [2.24, 2.45) is 0 Å². The fraction of sp³-hybridized carbons (Fsp3) is 0.375. The molecule has 1 aromatic carbocycles. The second kappa shape index (κ2) is 6.45. The van der Waals surface area contributed by atoms with Gasteiger partial charge >= 0.3 is 0 Å². The van der Waals surface area contributed by atoms with Gasteiger partial charge in [0, 0.05) is 17.9 Å². The fourth-order valence-electron chi connectivity index (χ4n) is 2.35. The smallest absolute Gasteiger partial charge is 0.240 e. The molecule has 0 aliphatic carbocycles. The molecule has 2 rings (SSSR count). The lowest BCUT2D eigenvalue weighted by atomic mass is 10.2. The number of hydrogen-bond acceptors (Lipinski definition) is 2. The molecule has 2 aromatic rings. The number of aryl methyl sites for hydroxylation is 3. The van der Waals surface area contributed by atoms with Gasteiger partial charge in [-0.15, -0.1) is 0 Å². The fourth-order valence-corrected chi connectivity index (χ4v) is 3.38. The molecule has 4 nitrogen and oxygen atoms in total. The van der Waals surface area contributed by atoms with Crippen molar-refractivity contribution >= 4 is 10.0 Å². The van der Waals surface area contributed by atoms with E-state index in [1.54, 1.807) is 12.1 Å². The van der Waals surface area contributed by atoms with E-state index in [-0.39, 0.29) is 0 Å². The van der Waals surface area contributed by atoms with Crippen molar-refractivity contribution in [3.8, 4) is 0 Å². The summed E-state index contributed by atoms with van der Waals surface area (Å²) in [5.74, 6) is 0. The van der Waals surface area contributed by atoms with Gasteiger partial charge in [-0.25, -0.2) is 13.1 Å². The van der Waals surface area contributed by atoms with Gasteiger partial charge in [0.2, 0.25) is 10.0 Å². The number of sulfonamides is 1. The van der Waals surface area contributed by atoms with Crippen LogP contribution in [-0.2, 0) is 22.9 Å². The average molecular weight is 306 g/mol. The normalized spacial score (nSPS) is 11.8. The third-order valence-electron chi connectivity index (χ3n) is 3.59. The van der Waals surface area contributed by atoms with E-state index in [2.05, 4.69) is 15.8 Å². The summed E-state index contributed by atoms with van der Waals surface area (Å²) < 4.78 is 27.0. The molecule has 0 amide bonds. The highest BCUT2D eigenvalue weighted by molar-refractivity contribution is 7.89. The summed E-state index contributed by atoms with van der Waals surface area (Å²) in [6.07, 6.45) is 1.59. The molecule has 1 heterocycles. The largest absolute Gasteiger partial charge is 0.362 e. The van der Waals surface area contributed by atoms with Gasteiger partial charge in [0.1, 0.15) is 0 Å². The van der Waals surface area contributed by atoms with Crippen LogP contribution >= 0.6 is 0 Å². The predicted molar refractivity (Wildman–Crippen MR) is 85.0 cm³/mol. The highest BCUT2D eigenvalue weighted by Gasteiger charge is 2.13. The van der Waals surface area contributed by atoms with Crippen LogP contribution in [0.1, 0.15) is 29.4 Å². The lowest BCUT2D eigenvalue weighted by molar-refractivity contribution is 0.581. The molecule has 5 heteroatoms. The number of aromatic nitrogens is 1. The Bertz CT molecular complexity index is 700. The minimum atomic E-state index is -3.42. The number of rotatable bonds is 6. The summed E-state index contributed by atoms with van der Waals surface area (Å²) in [6.45, 7) is 6.44. The molecule has 0 saturated carbocycles. The maximum atomic E-state index is 12.2. The molecule has 0 aliphatic heterocycles. The van der Waals surface area contributed by atoms with Gasteiger partial charge in [-0.05, 0) is 56.0 Å². The monoisotopic (exact) mass is 306 g/mol. The summed E-state index contributed by atoms with van der Waals surface area (Å²) >= 11 is 0. The number of nitrogens with one attached hydrogen (secondary N) is 2. The van der Waals surface area contributed by atoms with Gasteiger partial charge in [-0.1, -0.05) is 19.1 Å². The summed E-state index contributed by atoms with van der Waals surface area (Å²) in [6, 6.07) is 9.09. The molecular formula is C16H22N2O2S. The van der Waals surface area contributed by atoms with Crippen LogP contribution in [0, 0.1) is 13.8 Å². The van der Waals surface area contributed by atoms with Gasteiger partial charge in [0.05, 0.1) is 4.90 Å². The molecule has 114 valence electrons. The standard InChI is InChI=1S/C16H22N2O2S/c1-4-14-5-7-16(8-6-14)21(19,20)17-10-9-15-11-12(2)18-13(15)3/h5-8,11,17-18H,4,9-10H2,1-3H3. The molecule has 0 saturated heterocycles. The third kappa shape index (κ3) is 3.95. The van der Waals surface area contributed by atoms with Crippen LogP contribution in [-0.4, -0.2) is 19.9 Å². The lowest BCUT2D eigenvalue weighted by Gasteiger charge is -2.07. The highest BCUT2D eigenvalue weighted by Crippen LogP contribution is 2.12. The van der Waals surface area contributed by atoms with Crippen molar-refractivity contribution in [2.45, 2.75) is 38.5 Å². The van der Waals surface area contributed by atoms with Crippen LogP contribution in [0.15, 0.2) is 35.2 Å². The minimum Gasteiger partial charge on any atom is -0.362 e. The molecule has 0 atom stereocenters. The van der Waals surface area contributed by atoms with Gasteiger partial charge in [-0.3, -0.25) is 0 Å². The van der Waals surface area contributed by atoms with Gasteiger partial charge < -0.3 is 4.98 Å². The second-order valence-electron chi connectivity index (χ2n) is 5.25. The van der Waals surface area contributed by atoms with E-state index in [9.17, 15) is 8.42 Å². The molecule has 2 N–H and O–H groups in total. The molecule has 21 heavy (non-hydrogen) atoms. The van der Waals surface area contributed by atoms with E-state index < -0.39 is 10.0 Å². The SMILES string of the molecule is CCc1ccc(S(=O)(=O)NCCc2cc(C)[nH]c2C)cc1. The maximum absolute atomic E-state index is 12.2. The highest BCUT2D eigenvalue weighted by atomic mass is 32.2. The summed E-state index contributed by atoms with van der Waals surface area (Å²) in [7, 11) is -3.42. The molecule has 0 bridgehead atoms. The Labute approximate surface area is 126 Å². The van der Waals surface area contributed by atoms with E-state index in [1.165, 1.54) is 0 Å². The van der Waals surface area contributed by atoms with Crippen LogP contribution in [0.5, 0.6) is 0 Å². The van der Waals surface area contributed by atoms with Crippen LogP contribution in [0.25, 0.3) is 0 Å². The van der Waals surface area contributed by atoms with Crippen molar-refractivity contribution in [3.05, 3.63) is 52.8 Å². The number of hydrogen-bond donors (Lipinski definition) is 2. The van der Waals surface area contributed by atoms with E-state index in [4.69, 9.17) is 0 Å². The van der Waals surface area contributed by atoms with Crippen molar-refractivity contribution in [1.29, 1.82) is 0 Å². The molecule has 0 aliphatic rings. The summed E-state index contributed by atoms with van der Waals surface area (Å²) in [5.41, 5.74) is 4.48. The first-order valence-corrected chi connectivity index (χ1v) is 8.64. The van der Waals surface area contributed by atoms with Crippen molar-refractivity contribution in [1.82, 2.24) is 9.71 Å². The molecule has 0 fully saturated rings. The Hall–Kier alpha value is -1.59. The Balaban J connectivity index is 1.99. The molecular weight excluding hydrogens is 284 g/mol. The van der Waals surface area contributed by atoms with E-state index in [0.717, 1.165) is 28.9 Å². The maximum Gasteiger partial charge on any atom is 0.240 e. The van der Waals surface area contributed by atoms with Crippen molar-refractivity contribution in [3.63, 3.8) is 0 Å². The van der Waals surface area contributed by atoms with Gasteiger partial charge in [-0.2, -0.15) is 0 Å². The zero-order valence-corrected chi connectivity index (χ0v) is 13.5. The first-order valence-electron chi connectivity index (χ1n) is 7.16. The summed E-state index contributed by atoms with van der Waals surface area (Å²) in [4.78, 5) is 3.54. The Morgan fingerprint density at radius 1 is 1.14 bits per heavy atom. The quantitative estimate of drug-likeness (QED) is 0.862. The molecule has 0 spiro atoms. The number of aromatic amines is 1. The molecule has 0 radical (unpaired) electrons. The number of H-pyrrole nitrogens is 1. The van der Waals surface area contributed by atoms with Crippen molar-refractivity contribution in [2.75, 3.05) is 6.54 Å². The Morgan fingerprint density at radius 2 is 1.81 bits per heavy atom. The molecule has 0 unspecified atom stereocenters. The topological polar surface area (TPSA) is 62.0 Å². The number of benzene rings is 1. The van der Waals surface area contributed by atoms with Crippen LogP contribution in [0.2, 0.25) is 0 Å². The Kier molecular flexibility index (Phi) is 4.85. The van der Waals surface area contributed by atoms with Gasteiger partial charge in [0.15, 0.2) is 0 Å². The first-order chi connectivity index (χ1) is 9.92. The van der Waals surface area contributed by atoms with E-state index in [0.29, 0.717) is 17.9 Å². The zero-order chi connectivity index (χ0) is 15.5. The van der Waals surface area contributed by atoms with Crippen LogP contribution < -0.4 is 4.72 Å². The summed E-state index contributed by atoms with van der Waals surface area (Å²) in [5, 5.41) is 0. The zero-order valence-electron chi connectivity index (χ0n) is 12.7. The minimum absolute atomic E-state index is 0.321. The predicted octanol–water partition coefficient (Wildman–Crippen LogP) is 2.71. The molecule has 1 aromatic heterocycles. The van der Waals surface area contributed by atoms with Crippen LogP contribution in [0.4, 0.5) is 0 Å². The second-order valence-corrected chi connectivity index (χ2v) is 7.01. The van der Waals surface area contributed by atoms with Gasteiger partial charge in [0.25, 0.3) is 0 Å². The first kappa shape index (κ1) is 15.8. The lowest BCUT2D eigenvalue weighted by Crippen LogP contribution is -2.26. The average Bonchev–Trinajstić information content (AvgIpc) is 2.77. The van der Waals surface area contributed by atoms with E-state index >= 15 is 0 Å². The van der Waals surface area contributed by atoms with Crippen LogP contribution in [0.3, 0.4) is 0 Å².